The van der Waals surface area contributed by atoms with E-state index in [-0.39, 0.29) is 6.04 Å². The fourth-order valence-corrected chi connectivity index (χ4v) is 2.57. The molecule has 0 heterocycles. The minimum atomic E-state index is -0.553. The maximum atomic E-state index is 10.8. The van der Waals surface area contributed by atoms with Crippen LogP contribution in [0, 0.1) is 0 Å². The Morgan fingerprint density at radius 3 is 2.00 bits per heavy atom. The highest BCUT2D eigenvalue weighted by Crippen LogP contribution is 2.28. The summed E-state index contributed by atoms with van der Waals surface area (Å²) in [5.74, 6) is 0. The summed E-state index contributed by atoms with van der Waals surface area (Å²) < 4.78 is 0. The van der Waals surface area contributed by atoms with Gasteiger partial charge < -0.3 is 15.3 Å². The summed E-state index contributed by atoms with van der Waals surface area (Å²) in [7, 11) is 4.15. The van der Waals surface area contributed by atoms with Crippen LogP contribution < -0.4 is 5.32 Å². The fraction of sp³-hybridized carbons (Fsp3) is 0.368. The van der Waals surface area contributed by atoms with Crippen molar-refractivity contribution < 1.29 is 5.11 Å². The molecule has 0 bridgehead atoms. The van der Waals surface area contributed by atoms with Crippen LogP contribution in [0.3, 0.4) is 0 Å². The average molecular weight is 298 g/mol. The molecular weight excluding hydrogens is 272 g/mol. The Morgan fingerprint density at radius 2 is 1.45 bits per heavy atom. The van der Waals surface area contributed by atoms with E-state index in [1.165, 1.54) is 0 Å². The first kappa shape index (κ1) is 16.7. The van der Waals surface area contributed by atoms with Crippen LogP contribution in [0.5, 0.6) is 0 Å². The first-order valence-electron chi connectivity index (χ1n) is 7.84. The highest BCUT2D eigenvalue weighted by atomic mass is 16.3. The maximum Gasteiger partial charge on any atom is 0.0984 e. The van der Waals surface area contributed by atoms with Gasteiger partial charge in [0.25, 0.3) is 0 Å². The van der Waals surface area contributed by atoms with Crippen molar-refractivity contribution in [2.24, 2.45) is 0 Å². The molecular formula is C19H26N2O. The molecule has 0 spiro atoms. The largest absolute Gasteiger partial charge is 0.386 e. The molecule has 0 aliphatic rings. The van der Waals surface area contributed by atoms with Crippen LogP contribution in [-0.4, -0.2) is 37.2 Å². The lowest BCUT2D eigenvalue weighted by molar-refractivity contribution is 0.128. The van der Waals surface area contributed by atoms with Gasteiger partial charge in [0.05, 0.1) is 12.1 Å². The van der Waals surface area contributed by atoms with E-state index in [1.54, 1.807) is 0 Å². The zero-order chi connectivity index (χ0) is 15.8. The molecule has 2 aromatic rings. The van der Waals surface area contributed by atoms with E-state index in [4.69, 9.17) is 0 Å². The molecule has 2 rings (SSSR count). The van der Waals surface area contributed by atoms with Crippen molar-refractivity contribution in [1.82, 2.24) is 10.2 Å². The summed E-state index contributed by atoms with van der Waals surface area (Å²) in [5, 5.41) is 14.3. The number of nitrogens with one attached hydrogen (secondary N) is 1. The van der Waals surface area contributed by atoms with Crippen LogP contribution in [0.25, 0.3) is 0 Å². The Kier molecular flexibility index (Phi) is 6.59. The summed E-state index contributed by atoms with van der Waals surface area (Å²) in [6.07, 6.45) is 0.501. The van der Waals surface area contributed by atoms with E-state index < -0.39 is 6.10 Å². The predicted octanol–water partition coefficient (Wildman–Crippen LogP) is 3.00. The molecule has 0 fully saturated rings. The number of nitrogens with zero attached hydrogens (tertiary/aromatic N) is 1. The van der Waals surface area contributed by atoms with Crippen molar-refractivity contribution in [3.05, 3.63) is 71.8 Å². The number of benzene rings is 2. The second-order valence-electron chi connectivity index (χ2n) is 5.85. The van der Waals surface area contributed by atoms with Gasteiger partial charge in [-0.2, -0.15) is 0 Å². The third-order valence-corrected chi connectivity index (χ3v) is 3.76. The molecule has 0 unspecified atom stereocenters. The zero-order valence-electron chi connectivity index (χ0n) is 13.4. The fourth-order valence-electron chi connectivity index (χ4n) is 2.57. The molecule has 2 N–H and O–H groups in total. The van der Waals surface area contributed by atoms with E-state index >= 15 is 0 Å². The SMILES string of the molecule is CN(C)CCCN[C@@H](c1ccccc1)[C@@H](O)c1ccccc1. The topological polar surface area (TPSA) is 35.5 Å². The summed E-state index contributed by atoms with van der Waals surface area (Å²) >= 11 is 0. The number of rotatable bonds is 8. The molecule has 118 valence electrons. The van der Waals surface area contributed by atoms with E-state index in [0.29, 0.717) is 0 Å². The van der Waals surface area contributed by atoms with Gasteiger partial charge in [-0.1, -0.05) is 60.7 Å². The minimum absolute atomic E-state index is 0.0919. The number of hydrogen-bond donors (Lipinski definition) is 2. The van der Waals surface area contributed by atoms with Crippen LogP contribution >= 0.6 is 0 Å². The molecule has 22 heavy (non-hydrogen) atoms. The van der Waals surface area contributed by atoms with Gasteiger partial charge in [-0.25, -0.2) is 0 Å². The molecule has 3 heteroatoms. The van der Waals surface area contributed by atoms with Crippen molar-refractivity contribution in [2.75, 3.05) is 27.2 Å². The van der Waals surface area contributed by atoms with Gasteiger partial charge in [-0.05, 0) is 44.7 Å². The predicted molar refractivity (Wildman–Crippen MR) is 91.8 cm³/mol. The van der Waals surface area contributed by atoms with Crippen LogP contribution in [0.4, 0.5) is 0 Å². The Labute approximate surface area is 133 Å². The Balaban J connectivity index is 2.08. The molecule has 0 radical (unpaired) electrons. The highest BCUT2D eigenvalue weighted by Gasteiger charge is 2.21. The molecule has 2 atom stereocenters. The van der Waals surface area contributed by atoms with Crippen molar-refractivity contribution in [2.45, 2.75) is 18.6 Å². The number of aliphatic hydroxyl groups is 1. The van der Waals surface area contributed by atoms with Gasteiger partial charge in [0.1, 0.15) is 0 Å². The van der Waals surface area contributed by atoms with Gasteiger partial charge >= 0.3 is 0 Å². The Morgan fingerprint density at radius 1 is 0.909 bits per heavy atom. The summed E-state index contributed by atoms with van der Waals surface area (Å²) in [6.45, 7) is 1.91. The standard InChI is InChI=1S/C19H26N2O/c1-21(2)15-9-14-20-18(16-10-5-3-6-11-16)19(22)17-12-7-4-8-13-17/h3-8,10-13,18-20,22H,9,14-15H2,1-2H3/t18-,19-/m0/s1. The van der Waals surface area contributed by atoms with Crippen LogP contribution in [0.15, 0.2) is 60.7 Å². The lowest BCUT2D eigenvalue weighted by Crippen LogP contribution is -2.29. The summed E-state index contributed by atoms with van der Waals surface area (Å²) in [6, 6.07) is 19.9. The quantitative estimate of drug-likeness (QED) is 0.735. The summed E-state index contributed by atoms with van der Waals surface area (Å²) in [4.78, 5) is 2.17. The molecule has 0 aliphatic heterocycles. The lowest BCUT2D eigenvalue weighted by atomic mass is 9.95. The summed E-state index contributed by atoms with van der Waals surface area (Å²) in [5.41, 5.74) is 2.06. The van der Waals surface area contributed by atoms with E-state index in [9.17, 15) is 5.11 Å². The van der Waals surface area contributed by atoms with Crippen LogP contribution in [-0.2, 0) is 0 Å². The van der Waals surface area contributed by atoms with Crippen molar-refractivity contribution in [3.63, 3.8) is 0 Å². The molecule has 2 aromatic carbocycles. The molecule has 0 saturated carbocycles. The zero-order valence-corrected chi connectivity index (χ0v) is 13.4. The smallest absolute Gasteiger partial charge is 0.0984 e. The third kappa shape index (κ3) is 4.95. The average Bonchev–Trinajstić information content (AvgIpc) is 2.56. The maximum absolute atomic E-state index is 10.8. The van der Waals surface area contributed by atoms with Gasteiger partial charge in [-0.15, -0.1) is 0 Å². The van der Waals surface area contributed by atoms with Gasteiger partial charge in [0.2, 0.25) is 0 Å². The highest BCUT2D eigenvalue weighted by molar-refractivity contribution is 5.26. The molecule has 0 amide bonds. The number of hydrogen-bond acceptors (Lipinski definition) is 3. The monoisotopic (exact) mass is 298 g/mol. The first-order chi connectivity index (χ1) is 10.7. The number of aliphatic hydroxyl groups excluding tert-OH is 1. The van der Waals surface area contributed by atoms with Crippen LogP contribution in [0.2, 0.25) is 0 Å². The second-order valence-corrected chi connectivity index (χ2v) is 5.85. The first-order valence-corrected chi connectivity index (χ1v) is 7.84. The molecule has 0 saturated heterocycles. The Hall–Kier alpha value is -1.68. The van der Waals surface area contributed by atoms with Crippen LogP contribution in [0.1, 0.15) is 29.7 Å². The van der Waals surface area contributed by atoms with Crippen molar-refractivity contribution in [3.8, 4) is 0 Å². The van der Waals surface area contributed by atoms with E-state index in [2.05, 4.69) is 36.4 Å². The van der Waals surface area contributed by atoms with Gasteiger partial charge in [0.15, 0.2) is 0 Å². The molecule has 3 nitrogen and oxygen atoms in total. The third-order valence-electron chi connectivity index (χ3n) is 3.76. The van der Waals surface area contributed by atoms with Gasteiger partial charge in [0, 0.05) is 0 Å². The minimum Gasteiger partial charge on any atom is -0.386 e. The second kappa shape index (κ2) is 8.69. The molecule has 0 aromatic heterocycles. The van der Waals surface area contributed by atoms with E-state index in [0.717, 1.165) is 30.6 Å². The normalized spacial score (nSPS) is 14.0. The molecule has 0 aliphatic carbocycles. The van der Waals surface area contributed by atoms with Crippen molar-refractivity contribution in [1.29, 1.82) is 0 Å². The van der Waals surface area contributed by atoms with Crippen molar-refractivity contribution >= 4 is 0 Å². The van der Waals surface area contributed by atoms with Gasteiger partial charge in [-0.3, -0.25) is 0 Å². The Bertz CT molecular complexity index is 528. The lowest BCUT2D eigenvalue weighted by Gasteiger charge is -2.25. The van der Waals surface area contributed by atoms with E-state index in [1.807, 2.05) is 48.5 Å².